The van der Waals surface area contributed by atoms with Crippen LogP contribution in [0.4, 0.5) is 0 Å². The summed E-state index contributed by atoms with van der Waals surface area (Å²) < 4.78 is 0. The minimum Gasteiger partial charge on any atom is -0.267 e. The molecule has 4 heterocycles. The fourth-order valence-electron chi connectivity index (χ4n) is 5.55. The third kappa shape index (κ3) is 8.52. The number of thiophene rings is 2. The van der Waals surface area contributed by atoms with E-state index in [4.69, 9.17) is 9.98 Å². The van der Waals surface area contributed by atoms with E-state index in [0.717, 1.165) is 5.01 Å². The molecule has 4 rings (SSSR count). The Morgan fingerprint density at radius 2 is 1.32 bits per heavy atom. The summed E-state index contributed by atoms with van der Waals surface area (Å²) in [6.07, 6.45) is 23.5. The lowest BCUT2D eigenvalue weighted by Gasteiger charge is -2.32. The maximum atomic E-state index is 5.65. The van der Waals surface area contributed by atoms with Crippen molar-refractivity contribution in [1.29, 1.82) is 0 Å². The summed E-state index contributed by atoms with van der Waals surface area (Å²) in [6.45, 7) is 4.61. The van der Waals surface area contributed by atoms with Gasteiger partial charge in [-0.3, -0.25) is 4.99 Å². The lowest BCUT2D eigenvalue weighted by atomic mass is 9.83. The van der Waals surface area contributed by atoms with Crippen molar-refractivity contribution in [3.63, 3.8) is 0 Å². The molecule has 0 N–H and O–H groups in total. The molecule has 6 heteroatoms. The molecule has 3 aromatic heterocycles. The van der Waals surface area contributed by atoms with Crippen LogP contribution in [0.25, 0.3) is 9.75 Å². The van der Waals surface area contributed by atoms with E-state index < -0.39 is 0 Å². The van der Waals surface area contributed by atoms with Gasteiger partial charge in [-0.15, -0.1) is 34.0 Å². The van der Waals surface area contributed by atoms with Crippen LogP contribution in [-0.4, -0.2) is 15.6 Å². The molecule has 0 radical (unpaired) electrons. The predicted octanol–water partition coefficient (Wildman–Crippen LogP) is 12.2. The number of nitrogens with zero attached hydrogens (tertiary/aromatic N) is 2. The minimum absolute atomic E-state index is 0.00640. The first-order valence-electron chi connectivity index (χ1n) is 15.1. The van der Waals surface area contributed by atoms with E-state index in [1.54, 1.807) is 11.3 Å². The van der Waals surface area contributed by atoms with E-state index in [-0.39, 0.29) is 5.54 Å². The molecule has 0 aliphatic carbocycles. The molecule has 1 aliphatic heterocycles. The predicted molar refractivity (Wildman–Crippen MR) is 175 cm³/mol. The smallest absolute Gasteiger partial charge is 0.148 e. The van der Waals surface area contributed by atoms with Gasteiger partial charge < -0.3 is 0 Å². The zero-order valence-electron chi connectivity index (χ0n) is 23.5. The van der Waals surface area contributed by atoms with Crippen LogP contribution in [0.5, 0.6) is 0 Å². The largest absolute Gasteiger partial charge is 0.267 e. The van der Waals surface area contributed by atoms with Crippen molar-refractivity contribution in [1.82, 2.24) is 4.98 Å². The third-order valence-corrected chi connectivity index (χ3v) is 12.4. The zero-order chi connectivity index (χ0) is 26.5. The Balaban J connectivity index is 1.49. The number of aromatic nitrogens is 1. The van der Waals surface area contributed by atoms with Crippen LogP contribution in [0.1, 0.15) is 132 Å². The highest BCUT2D eigenvalue weighted by Crippen LogP contribution is 2.55. The molecule has 3 aromatic rings. The number of thiazole rings is 1. The van der Waals surface area contributed by atoms with Crippen molar-refractivity contribution >= 4 is 50.8 Å². The Kier molecular flexibility index (Phi) is 12.9. The van der Waals surface area contributed by atoms with Crippen molar-refractivity contribution in [2.24, 2.45) is 4.99 Å². The van der Waals surface area contributed by atoms with Gasteiger partial charge in [0, 0.05) is 16.0 Å². The van der Waals surface area contributed by atoms with Crippen molar-refractivity contribution in [3.05, 3.63) is 51.1 Å². The van der Waals surface area contributed by atoms with Crippen molar-refractivity contribution < 1.29 is 0 Å². The molecular formula is C32H46N2S4. The maximum absolute atomic E-state index is 5.65. The number of hydrogen-bond donors (Lipinski definition) is 0. The molecule has 0 amide bonds. The zero-order valence-corrected chi connectivity index (χ0v) is 26.7. The number of unbranched alkanes of at least 4 members (excludes halogenated alkanes) is 12. The summed E-state index contributed by atoms with van der Waals surface area (Å²) >= 11 is 7.53. The fourth-order valence-corrected chi connectivity index (χ4v) is 9.88. The number of rotatable bonds is 19. The number of thioether (sulfide) groups is 1. The van der Waals surface area contributed by atoms with Gasteiger partial charge in [0.15, 0.2) is 0 Å². The summed E-state index contributed by atoms with van der Waals surface area (Å²) in [6, 6.07) is 8.90. The molecule has 1 atom stereocenters. The van der Waals surface area contributed by atoms with Gasteiger partial charge in [-0.05, 0) is 35.7 Å². The highest BCUT2D eigenvalue weighted by Gasteiger charge is 2.46. The quantitative estimate of drug-likeness (QED) is 0.131. The minimum atomic E-state index is 0.00640. The molecule has 0 spiro atoms. The first kappa shape index (κ1) is 30.0. The first-order valence-corrected chi connectivity index (χ1v) is 18.5. The van der Waals surface area contributed by atoms with Gasteiger partial charge in [0.1, 0.15) is 10.1 Å². The second-order valence-corrected chi connectivity index (χ2v) is 14.8. The molecule has 208 valence electrons. The van der Waals surface area contributed by atoms with Crippen LogP contribution >= 0.6 is 45.8 Å². The Morgan fingerprint density at radius 1 is 0.711 bits per heavy atom. The van der Waals surface area contributed by atoms with Crippen LogP contribution in [0.2, 0.25) is 0 Å². The first-order chi connectivity index (χ1) is 18.8. The van der Waals surface area contributed by atoms with Crippen molar-refractivity contribution in [3.8, 4) is 9.75 Å². The molecule has 0 saturated carbocycles. The van der Waals surface area contributed by atoms with Gasteiger partial charge in [0.05, 0.1) is 15.7 Å². The lowest BCUT2D eigenvalue weighted by Crippen LogP contribution is -2.30. The van der Waals surface area contributed by atoms with Crippen LogP contribution in [0.15, 0.2) is 46.2 Å². The molecule has 1 aliphatic rings. The molecule has 0 bridgehead atoms. The van der Waals surface area contributed by atoms with E-state index in [0.29, 0.717) is 5.25 Å². The van der Waals surface area contributed by atoms with Crippen LogP contribution in [-0.2, 0) is 0 Å². The Morgan fingerprint density at radius 3 is 1.89 bits per heavy atom. The van der Waals surface area contributed by atoms with E-state index in [1.807, 2.05) is 34.4 Å². The van der Waals surface area contributed by atoms with Gasteiger partial charge in [-0.1, -0.05) is 128 Å². The van der Waals surface area contributed by atoms with E-state index >= 15 is 0 Å². The summed E-state index contributed by atoms with van der Waals surface area (Å²) in [7, 11) is 0. The van der Waals surface area contributed by atoms with E-state index in [1.165, 1.54) is 122 Å². The molecule has 2 nitrogen and oxygen atoms in total. The third-order valence-electron chi connectivity index (χ3n) is 7.72. The van der Waals surface area contributed by atoms with Crippen LogP contribution in [0, 0.1) is 0 Å². The van der Waals surface area contributed by atoms with Gasteiger partial charge in [-0.25, -0.2) is 4.98 Å². The van der Waals surface area contributed by atoms with Gasteiger partial charge in [0.2, 0.25) is 0 Å². The fraction of sp³-hybridized carbons (Fsp3) is 0.625. The monoisotopic (exact) mass is 586 g/mol. The maximum Gasteiger partial charge on any atom is 0.148 e. The Labute approximate surface area is 247 Å². The number of aliphatic imine (C=N–C) groups is 1. The van der Waals surface area contributed by atoms with Crippen LogP contribution in [0.3, 0.4) is 0 Å². The Hall–Kier alpha value is -0.950. The molecule has 0 aromatic carbocycles. The Bertz CT molecular complexity index is 1030. The normalized spacial score (nSPS) is 16.8. The highest BCUT2D eigenvalue weighted by molar-refractivity contribution is 8.15. The van der Waals surface area contributed by atoms with Gasteiger partial charge in [-0.2, -0.15) is 0 Å². The van der Waals surface area contributed by atoms with Crippen molar-refractivity contribution in [2.45, 2.75) is 127 Å². The SMILES string of the molecule is CCCCCCCCCC1(CCCCCCCCC)N=C(c2ncc(-c3cccs3)s2)SC1c1cccs1. The highest BCUT2D eigenvalue weighted by atomic mass is 32.2. The molecule has 0 saturated heterocycles. The summed E-state index contributed by atoms with van der Waals surface area (Å²) in [5.74, 6) is 0. The lowest BCUT2D eigenvalue weighted by molar-refractivity contribution is 0.337. The summed E-state index contributed by atoms with van der Waals surface area (Å²) in [5, 5.41) is 7.12. The molecule has 0 fully saturated rings. The topological polar surface area (TPSA) is 25.2 Å². The average molecular weight is 587 g/mol. The second kappa shape index (κ2) is 16.3. The molecular weight excluding hydrogens is 541 g/mol. The average Bonchev–Trinajstić information content (AvgIpc) is 3.74. The second-order valence-electron chi connectivity index (χ2n) is 10.8. The molecule has 1 unspecified atom stereocenters. The van der Waals surface area contributed by atoms with E-state index in [2.05, 4.69) is 55.1 Å². The summed E-state index contributed by atoms with van der Waals surface area (Å²) in [4.78, 5) is 14.6. The van der Waals surface area contributed by atoms with Crippen LogP contribution < -0.4 is 0 Å². The number of hydrogen-bond acceptors (Lipinski definition) is 6. The summed E-state index contributed by atoms with van der Waals surface area (Å²) in [5.41, 5.74) is 0.00640. The molecule has 38 heavy (non-hydrogen) atoms. The van der Waals surface area contributed by atoms with Gasteiger partial charge >= 0.3 is 0 Å². The van der Waals surface area contributed by atoms with Gasteiger partial charge in [0.25, 0.3) is 0 Å². The standard InChI is InChI=1S/C32H46N2S4/c1-3-5-7-9-11-13-15-21-32(22-16-14-12-10-8-6-4-2)29(27-20-18-24-36-27)38-31(34-32)30-33-25-28(37-30)26-19-17-23-35-26/h17-20,23-25,29H,3-16,21-22H2,1-2H3. The van der Waals surface area contributed by atoms with E-state index in [9.17, 15) is 0 Å². The van der Waals surface area contributed by atoms with Crippen molar-refractivity contribution in [2.75, 3.05) is 0 Å².